The van der Waals surface area contributed by atoms with Gasteiger partial charge >= 0.3 is 0 Å². The van der Waals surface area contributed by atoms with Crippen LogP contribution in [0.25, 0.3) is 0 Å². The zero-order chi connectivity index (χ0) is 15.2. The highest BCUT2D eigenvalue weighted by Gasteiger charge is 2.21. The molecule has 0 heterocycles. The molecule has 0 aromatic heterocycles. The molecule has 0 saturated carbocycles. The van der Waals surface area contributed by atoms with Crippen LogP contribution in [0.2, 0.25) is 0 Å². The van der Waals surface area contributed by atoms with Crippen LogP contribution in [-0.4, -0.2) is 11.5 Å². The molecule has 112 valence electrons. The summed E-state index contributed by atoms with van der Waals surface area (Å²) in [5, 5.41) is 14.4. The Balaban J connectivity index is 2.70. The summed E-state index contributed by atoms with van der Waals surface area (Å²) in [5.41, 5.74) is 1.66. The number of benzene rings is 1. The van der Waals surface area contributed by atoms with E-state index in [-0.39, 0.29) is 16.0 Å². The Kier molecular flexibility index (Phi) is 5.99. The number of para-hydroxylation sites is 1. The maximum atomic E-state index is 11.1. The average molecular weight is 278 g/mol. The van der Waals surface area contributed by atoms with Gasteiger partial charge in [-0.15, -0.1) is 0 Å². The Morgan fingerprint density at radius 1 is 1.30 bits per heavy atom. The second kappa shape index (κ2) is 7.27. The van der Waals surface area contributed by atoms with E-state index >= 15 is 0 Å². The van der Waals surface area contributed by atoms with Crippen LogP contribution in [0.4, 0.5) is 11.4 Å². The van der Waals surface area contributed by atoms with E-state index in [4.69, 9.17) is 0 Å². The molecule has 0 fully saturated rings. The first-order valence-electron chi connectivity index (χ1n) is 7.35. The van der Waals surface area contributed by atoms with Gasteiger partial charge in [-0.2, -0.15) is 0 Å². The summed E-state index contributed by atoms with van der Waals surface area (Å²) in [6.07, 6.45) is 4.80. The van der Waals surface area contributed by atoms with Crippen LogP contribution in [0, 0.1) is 22.5 Å². The molecule has 0 unspecified atom stereocenters. The fourth-order valence-electron chi connectivity index (χ4n) is 2.32. The minimum atomic E-state index is -0.304. The lowest BCUT2D eigenvalue weighted by Crippen LogP contribution is -2.23. The smallest absolute Gasteiger partial charge is 0.295 e. The van der Waals surface area contributed by atoms with Crippen LogP contribution in [0.1, 0.15) is 52.0 Å². The summed E-state index contributed by atoms with van der Waals surface area (Å²) in [7, 11) is 0. The number of aryl methyl sites for hydroxylation is 1. The van der Waals surface area contributed by atoms with E-state index in [1.807, 2.05) is 6.07 Å². The SMILES string of the molecule is CCCCCC(C)(C)CNc1cccc(C)c1[N+](=O)[O-]. The van der Waals surface area contributed by atoms with Crippen LogP contribution in [0.15, 0.2) is 18.2 Å². The van der Waals surface area contributed by atoms with Gasteiger partial charge in [0.05, 0.1) is 4.92 Å². The Bertz CT molecular complexity index is 456. The largest absolute Gasteiger partial charge is 0.379 e. The van der Waals surface area contributed by atoms with Crippen molar-refractivity contribution in [3.05, 3.63) is 33.9 Å². The zero-order valence-corrected chi connectivity index (χ0v) is 13.0. The number of nitrogens with one attached hydrogen (secondary N) is 1. The topological polar surface area (TPSA) is 55.2 Å². The van der Waals surface area contributed by atoms with Crippen molar-refractivity contribution in [3.8, 4) is 0 Å². The van der Waals surface area contributed by atoms with Crippen LogP contribution >= 0.6 is 0 Å². The molecular weight excluding hydrogens is 252 g/mol. The lowest BCUT2D eigenvalue weighted by Gasteiger charge is -2.25. The summed E-state index contributed by atoms with van der Waals surface area (Å²) < 4.78 is 0. The van der Waals surface area contributed by atoms with Gasteiger partial charge in [-0.3, -0.25) is 10.1 Å². The Labute approximate surface area is 121 Å². The average Bonchev–Trinajstić information content (AvgIpc) is 2.36. The van der Waals surface area contributed by atoms with E-state index in [9.17, 15) is 10.1 Å². The first-order chi connectivity index (χ1) is 9.37. The summed E-state index contributed by atoms with van der Waals surface area (Å²) in [5.74, 6) is 0. The molecule has 0 radical (unpaired) electrons. The number of hydrogen-bond donors (Lipinski definition) is 1. The van der Waals surface area contributed by atoms with E-state index in [0.29, 0.717) is 11.3 Å². The molecule has 0 atom stereocenters. The molecular formula is C16H26N2O2. The summed E-state index contributed by atoms with van der Waals surface area (Å²) in [4.78, 5) is 10.8. The fraction of sp³-hybridized carbons (Fsp3) is 0.625. The minimum Gasteiger partial charge on any atom is -0.379 e. The van der Waals surface area contributed by atoms with Gasteiger partial charge in [0, 0.05) is 12.1 Å². The minimum absolute atomic E-state index is 0.146. The summed E-state index contributed by atoms with van der Waals surface area (Å²) in [6, 6.07) is 5.41. The van der Waals surface area contributed by atoms with Crippen molar-refractivity contribution in [2.75, 3.05) is 11.9 Å². The van der Waals surface area contributed by atoms with E-state index in [1.54, 1.807) is 19.1 Å². The van der Waals surface area contributed by atoms with Crippen molar-refractivity contribution in [2.24, 2.45) is 5.41 Å². The third kappa shape index (κ3) is 4.83. The predicted octanol–water partition coefficient (Wildman–Crippen LogP) is 4.92. The highest BCUT2D eigenvalue weighted by atomic mass is 16.6. The van der Waals surface area contributed by atoms with Crippen LogP contribution in [-0.2, 0) is 0 Å². The van der Waals surface area contributed by atoms with E-state index < -0.39 is 0 Å². The predicted molar refractivity (Wildman–Crippen MR) is 84.2 cm³/mol. The lowest BCUT2D eigenvalue weighted by atomic mass is 9.87. The van der Waals surface area contributed by atoms with Crippen molar-refractivity contribution in [2.45, 2.75) is 53.4 Å². The normalized spacial score (nSPS) is 11.4. The van der Waals surface area contributed by atoms with Crippen LogP contribution < -0.4 is 5.32 Å². The van der Waals surface area contributed by atoms with Gasteiger partial charge in [0.2, 0.25) is 0 Å². The molecule has 1 N–H and O–H groups in total. The molecule has 0 bridgehead atoms. The maximum Gasteiger partial charge on any atom is 0.295 e. The van der Waals surface area contributed by atoms with Gasteiger partial charge in [-0.1, -0.05) is 52.2 Å². The zero-order valence-electron chi connectivity index (χ0n) is 13.0. The third-order valence-corrected chi connectivity index (χ3v) is 3.63. The number of anilines is 1. The monoisotopic (exact) mass is 278 g/mol. The molecule has 4 nitrogen and oxygen atoms in total. The first-order valence-corrected chi connectivity index (χ1v) is 7.35. The molecule has 1 rings (SSSR count). The molecule has 0 saturated heterocycles. The van der Waals surface area contributed by atoms with Gasteiger partial charge < -0.3 is 5.32 Å². The number of hydrogen-bond acceptors (Lipinski definition) is 3. The number of nitrogens with zero attached hydrogens (tertiary/aromatic N) is 1. The highest BCUT2D eigenvalue weighted by Crippen LogP contribution is 2.30. The Morgan fingerprint density at radius 2 is 2.00 bits per heavy atom. The molecule has 1 aromatic carbocycles. The van der Waals surface area contributed by atoms with Gasteiger partial charge in [-0.25, -0.2) is 0 Å². The highest BCUT2D eigenvalue weighted by molar-refractivity contribution is 5.65. The molecule has 1 aromatic rings. The number of rotatable bonds is 8. The molecule has 0 amide bonds. The summed E-state index contributed by atoms with van der Waals surface area (Å²) >= 11 is 0. The molecule has 4 heteroatoms. The second-order valence-corrected chi connectivity index (χ2v) is 6.20. The van der Waals surface area contributed by atoms with Crippen molar-refractivity contribution in [1.29, 1.82) is 0 Å². The second-order valence-electron chi connectivity index (χ2n) is 6.20. The van der Waals surface area contributed by atoms with Crippen molar-refractivity contribution in [3.63, 3.8) is 0 Å². The fourth-order valence-corrected chi connectivity index (χ4v) is 2.32. The maximum absolute atomic E-state index is 11.1. The van der Waals surface area contributed by atoms with Crippen LogP contribution in [0.5, 0.6) is 0 Å². The van der Waals surface area contributed by atoms with Crippen LogP contribution in [0.3, 0.4) is 0 Å². The van der Waals surface area contributed by atoms with Gasteiger partial charge in [0.15, 0.2) is 0 Å². The summed E-state index contributed by atoms with van der Waals surface area (Å²) in [6.45, 7) is 9.13. The molecule has 0 aliphatic carbocycles. The first kappa shape index (κ1) is 16.5. The molecule has 20 heavy (non-hydrogen) atoms. The quantitative estimate of drug-likeness (QED) is 0.417. The number of unbranched alkanes of at least 4 members (excludes halogenated alkanes) is 2. The lowest BCUT2D eigenvalue weighted by molar-refractivity contribution is -0.384. The van der Waals surface area contributed by atoms with Gasteiger partial charge in [0.1, 0.15) is 5.69 Å². The Morgan fingerprint density at radius 3 is 2.60 bits per heavy atom. The molecule has 0 aliphatic rings. The van der Waals surface area contributed by atoms with Crippen molar-refractivity contribution in [1.82, 2.24) is 0 Å². The van der Waals surface area contributed by atoms with Crippen molar-refractivity contribution >= 4 is 11.4 Å². The van der Waals surface area contributed by atoms with E-state index in [1.165, 1.54) is 19.3 Å². The van der Waals surface area contributed by atoms with E-state index in [0.717, 1.165) is 13.0 Å². The number of nitro benzene ring substituents is 1. The van der Waals surface area contributed by atoms with Gasteiger partial charge in [-0.05, 0) is 24.8 Å². The number of nitro groups is 1. The molecule has 0 spiro atoms. The third-order valence-electron chi connectivity index (χ3n) is 3.63. The standard InChI is InChI=1S/C16H26N2O2/c1-5-6-7-11-16(3,4)12-17-14-10-8-9-13(2)15(14)18(19)20/h8-10,17H,5-7,11-12H2,1-4H3. The van der Waals surface area contributed by atoms with Crippen molar-refractivity contribution < 1.29 is 4.92 Å². The molecule has 0 aliphatic heterocycles. The van der Waals surface area contributed by atoms with Gasteiger partial charge in [0.25, 0.3) is 5.69 Å². The van der Waals surface area contributed by atoms with E-state index in [2.05, 4.69) is 26.1 Å². The Hall–Kier alpha value is -1.58.